The molecule has 2 aromatic carbocycles. The SMILES string of the molecule is Cc1cccc2c(CN3CCC4(CC3)CN(c3ccc(C(=O)O)cc3)C(=O)O4)cn(C(C)C)c12. The zero-order valence-corrected chi connectivity index (χ0v) is 20.0. The average molecular weight is 462 g/mol. The van der Waals surface area contributed by atoms with Gasteiger partial charge in [0.1, 0.15) is 5.60 Å². The summed E-state index contributed by atoms with van der Waals surface area (Å²) in [5.41, 5.74) is 4.34. The quantitative estimate of drug-likeness (QED) is 0.564. The van der Waals surface area contributed by atoms with Gasteiger partial charge in [0.25, 0.3) is 0 Å². The van der Waals surface area contributed by atoms with Crippen LogP contribution >= 0.6 is 0 Å². The molecule has 7 nitrogen and oxygen atoms in total. The number of aromatic nitrogens is 1. The zero-order valence-electron chi connectivity index (χ0n) is 20.0. The van der Waals surface area contributed by atoms with Gasteiger partial charge in [0.05, 0.1) is 17.6 Å². The van der Waals surface area contributed by atoms with Gasteiger partial charge in [-0.2, -0.15) is 0 Å². The standard InChI is InChI=1S/C27H31N3O4/c1-18(2)29-16-21(23-6-4-5-19(3)24(23)29)15-28-13-11-27(12-14-28)17-30(26(33)34-27)22-9-7-20(8-10-22)25(31)32/h4-10,16,18H,11-15,17H2,1-3H3,(H,31,32). The number of fused-ring (bicyclic) bond motifs is 1. The summed E-state index contributed by atoms with van der Waals surface area (Å²) in [6.45, 7) is 9.71. The summed E-state index contributed by atoms with van der Waals surface area (Å²) in [4.78, 5) is 27.8. The van der Waals surface area contributed by atoms with Gasteiger partial charge in [0, 0.05) is 55.8 Å². The lowest BCUT2D eigenvalue weighted by atomic mass is 9.91. The van der Waals surface area contributed by atoms with Crippen molar-refractivity contribution in [2.45, 2.75) is 51.8 Å². The van der Waals surface area contributed by atoms with Crippen molar-refractivity contribution in [3.63, 3.8) is 0 Å². The van der Waals surface area contributed by atoms with Crippen molar-refractivity contribution in [1.82, 2.24) is 9.47 Å². The number of carbonyl (C=O) groups is 2. The number of amides is 1. The highest BCUT2D eigenvalue weighted by Crippen LogP contribution is 2.37. The van der Waals surface area contributed by atoms with E-state index in [1.807, 2.05) is 0 Å². The number of hydrogen-bond donors (Lipinski definition) is 1. The first kappa shape index (κ1) is 22.5. The van der Waals surface area contributed by atoms with Crippen LogP contribution < -0.4 is 4.90 Å². The van der Waals surface area contributed by atoms with Crippen LogP contribution in [0.25, 0.3) is 10.9 Å². The second kappa shape index (κ2) is 8.47. The molecule has 3 heterocycles. The van der Waals surface area contributed by atoms with Gasteiger partial charge in [-0.3, -0.25) is 9.80 Å². The first-order valence-corrected chi connectivity index (χ1v) is 11.9. The minimum absolute atomic E-state index is 0.202. The normalized spacial score (nSPS) is 18.2. The van der Waals surface area contributed by atoms with E-state index in [1.165, 1.54) is 34.2 Å². The molecule has 0 bridgehead atoms. The molecule has 7 heteroatoms. The van der Waals surface area contributed by atoms with Crippen LogP contribution in [0.2, 0.25) is 0 Å². The van der Waals surface area contributed by atoms with Gasteiger partial charge in [0.2, 0.25) is 0 Å². The number of likely N-dealkylation sites (tertiary alicyclic amines) is 1. The molecule has 2 fully saturated rings. The van der Waals surface area contributed by atoms with Gasteiger partial charge in [-0.15, -0.1) is 0 Å². The Morgan fingerprint density at radius 1 is 1.12 bits per heavy atom. The fourth-order valence-electron chi connectivity index (χ4n) is 5.32. The molecule has 0 atom stereocenters. The number of carboxylic acid groups (broad SMARTS) is 1. The minimum atomic E-state index is -0.980. The monoisotopic (exact) mass is 461 g/mol. The number of aromatic carboxylic acids is 1. The van der Waals surface area contributed by atoms with Crippen LogP contribution in [-0.4, -0.2) is 51.9 Å². The Balaban J connectivity index is 1.28. The van der Waals surface area contributed by atoms with Crippen molar-refractivity contribution in [1.29, 1.82) is 0 Å². The lowest BCUT2D eigenvalue weighted by molar-refractivity contribution is -0.000898. The van der Waals surface area contributed by atoms with E-state index in [-0.39, 0.29) is 11.7 Å². The van der Waals surface area contributed by atoms with Crippen molar-refractivity contribution in [3.05, 3.63) is 65.4 Å². The Morgan fingerprint density at radius 2 is 1.82 bits per heavy atom. The van der Waals surface area contributed by atoms with Crippen molar-refractivity contribution >= 4 is 28.7 Å². The molecule has 1 amide bonds. The number of hydrogen-bond acceptors (Lipinski definition) is 4. The van der Waals surface area contributed by atoms with Gasteiger partial charge < -0.3 is 14.4 Å². The van der Waals surface area contributed by atoms with Crippen LogP contribution in [0.5, 0.6) is 0 Å². The van der Waals surface area contributed by atoms with E-state index in [4.69, 9.17) is 9.84 Å². The van der Waals surface area contributed by atoms with Gasteiger partial charge in [-0.05, 0) is 56.2 Å². The molecule has 2 aliphatic rings. The third kappa shape index (κ3) is 3.94. The molecule has 1 spiro atoms. The van der Waals surface area contributed by atoms with E-state index in [0.29, 0.717) is 18.3 Å². The fraction of sp³-hybridized carbons (Fsp3) is 0.407. The highest BCUT2D eigenvalue weighted by molar-refractivity contribution is 5.92. The van der Waals surface area contributed by atoms with Crippen molar-refractivity contribution in [2.75, 3.05) is 24.5 Å². The number of para-hydroxylation sites is 1. The van der Waals surface area contributed by atoms with Crippen molar-refractivity contribution in [3.8, 4) is 0 Å². The summed E-state index contributed by atoms with van der Waals surface area (Å²) in [6.07, 6.45) is 3.51. The number of carboxylic acids is 1. The number of rotatable bonds is 5. The topological polar surface area (TPSA) is 75.0 Å². The van der Waals surface area contributed by atoms with E-state index < -0.39 is 11.6 Å². The first-order chi connectivity index (χ1) is 16.3. The molecule has 5 rings (SSSR count). The highest BCUT2D eigenvalue weighted by Gasteiger charge is 2.47. The van der Waals surface area contributed by atoms with E-state index in [2.05, 4.69) is 54.6 Å². The molecular formula is C27H31N3O4. The third-order valence-corrected chi connectivity index (χ3v) is 7.25. The summed E-state index contributed by atoms with van der Waals surface area (Å²) in [7, 11) is 0. The second-order valence-corrected chi connectivity index (χ2v) is 9.89. The summed E-state index contributed by atoms with van der Waals surface area (Å²) >= 11 is 0. The second-order valence-electron chi connectivity index (χ2n) is 9.89. The lowest BCUT2D eigenvalue weighted by Crippen LogP contribution is -2.46. The highest BCUT2D eigenvalue weighted by atomic mass is 16.6. The summed E-state index contributed by atoms with van der Waals surface area (Å²) < 4.78 is 8.27. The Kier molecular flexibility index (Phi) is 5.60. The number of aryl methyl sites for hydroxylation is 1. The van der Waals surface area contributed by atoms with E-state index in [9.17, 15) is 9.59 Å². The molecule has 34 heavy (non-hydrogen) atoms. The molecule has 0 unspecified atom stereocenters. The molecule has 0 saturated carbocycles. The molecule has 3 aromatic rings. The van der Waals surface area contributed by atoms with Crippen molar-refractivity contribution in [2.24, 2.45) is 0 Å². The third-order valence-electron chi connectivity index (χ3n) is 7.25. The van der Waals surface area contributed by atoms with Crippen LogP contribution in [0.4, 0.5) is 10.5 Å². The maximum atomic E-state index is 12.7. The first-order valence-electron chi connectivity index (χ1n) is 11.9. The van der Waals surface area contributed by atoms with E-state index in [1.54, 1.807) is 17.0 Å². The molecule has 178 valence electrons. The molecule has 0 radical (unpaired) electrons. The summed E-state index contributed by atoms with van der Waals surface area (Å²) in [5, 5.41) is 10.4. The Morgan fingerprint density at radius 3 is 2.47 bits per heavy atom. The number of anilines is 1. The molecule has 1 N–H and O–H groups in total. The van der Waals surface area contributed by atoms with E-state index in [0.717, 1.165) is 32.5 Å². The average Bonchev–Trinajstić information content (AvgIpc) is 3.34. The molecule has 1 aromatic heterocycles. The smallest absolute Gasteiger partial charge is 0.415 e. The van der Waals surface area contributed by atoms with Crippen LogP contribution in [0, 0.1) is 6.92 Å². The van der Waals surface area contributed by atoms with E-state index >= 15 is 0 Å². The number of piperidine rings is 1. The number of carbonyl (C=O) groups excluding carboxylic acids is 1. The van der Waals surface area contributed by atoms with Gasteiger partial charge in [-0.25, -0.2) is 9.59 Å². The fourth-order valence-corrected chi connectivity index (χ4v) is 5.32. The van der Waals surface area contributed by atoms with Crippen molar-refractivity contribution < 1.29 is 19.4 Å². The predicted molar refractivity (Wildman–Crippen MR) is 132 cm³/mol. The van der Waals surface area contributed by atoms with Gasteiger partial charge in [0.15, 0.2) is 0 Å². The van der Waals surface area contributed by atoms with Crippen LogP contribution in [-0.2, 0) is 11.3 Å². The molecule has 0 aliphatic carbocycles. The summed E-state index contributed by atoms with van der Waals surface area (Å²) in [5.74, 6) is -0.980. The lowest BCUT2D eigenvalue weighted by Gasteiger charge is -2.37. The number of benzene rings is 2. The van der Waals surface area contributed by atoms with Crippen LogP contribution in [0.15, 0.2) is 48.7 Å². The molecule has 2 aliphatic heterocycles. The summed E-state index contributed by atoms with van der Waals surface area (Å²) in [6, 6.07) is 13.3. The van der Waals surface area contributed by atoms with Gasteiger partial charge in [-0.1, -0.05) is 18.2 Å². The largest absolute Gasteiger partial charge is 0.478 e. The van der Waals surface area contributed by atoms with Crippen LogP contribution in [0.3, 0.4) is 0 Å². The van der Waals surface area contributed by atoms with Gasteiger partial charge >= 0.3 is 12.1 Å². The maximum absolute atomic E-state index is 12.7. The Bertz CT molecular complexity index is 1240. The number of ether oxygens (including phenoxy) is 1. The Labute approximate surface area is 199 Å². The molecule has 2 saturated heterocycles. The zero-order chi connectivity index (χ0) is 24.0. The molecular weight excluding hydrogens is 430 g/mol. The Hall–Kier alpha value is -3.32. The number of nitrogens with zero attached hydrogens (tertiary/aromatic N) is 3. The maximum Gasteiger partial charge on any atom is 0.415 e. The van der Waals surface area contributed by atoms with Crippen LogP contribution in [0.1, 0.15) is 54.2 Å². The minimum Gasteiger partial charge on any atom is -0.478 e. The predicted octanol–water partition coefficient (Wildman–Crippen LogP) is 5.22.